The summed E-state index contributed by atoms with van der Waals surface area (Å²) in [5, 5.41) is 3.34. The van der Waals surface area contributed by atoms with E-state index in [0.717, 1.165) is 18.2 Å². The van der Waals surface area contributed by atoms with E-state index in [9.17, 15) is 4.79 Å². The predicted molar refractivity (Wildman–Crippen MR) is 62.9 cm³/mol. The van der Waals surface area contributed by atoms with E-state index in [1.165, 1.54) is 11.3 Å². The van der Waals surface area contributed by atoms with Gasteiger partial charge in [-0.15, -0.1) is 0 Å². The minimum Gasteiger partial charge on any atom is -0.382 e. The number of nitrogen functional groups attached to an aromatic ring is 1. The SMILES string of the molecule is CNC(=O)c1sc(N2CCOCC2)nc1N. The molecule has 1 aromatic rings. The molecule has 0 radical (unpaired) electrons. The van der Waals surface area contributed by atoms with E-state index in [2.05, 4.69) is 15.2 Å². The number of carbonyl (C=O) groups excluding carboxylic acids is 1. The summed E-state index contributed by atoms with van der Waals surface area (Å²) in [6.45, 7) is 2.96. The summed E-state index contributed by atoms with van der Waals surface area (Å²) in [4.78, 5) is 18.2. The first kappa shape index (κ1) is 11.2. The number of morpholine rings is 1. The zero-order chi connectivity index (χ0) is 11.5. The van der Waals surface area contributed by atoms with Crippen molar-refractivity contribution >= 4 is 28.2 Å². The fourth-order valence-electron chi connectivity index (χ4n) is 1.49. The standard InChI is InChI=1S/C9H14N4O2S/c1-11-8(14)6-7(10)12-9(16-6)13-2-4-15-5-3-13/h2-5,10H2,1H3,(H,11,14). The Kier molecular flexibility index (Phi) is 3.25. The molecule has 6 nitrogen and oxygen atoms in total. The number of nitrogens with two attached hydrogens (primary N) is 1. The second-order valence-corrected chi connectivity index (χ2v) is 4.37. The van der Waals surface area contributed by atoms with E-state index < -0.39 is 0 Å². The lowest BCUT2D eigenvalue weighted by atomic mass is 10.4. The van der Waals surface area contributed by atoms with Crippen molar-refractivity contribution in [3.05, 3.63) is 4.88 Å². The molecule has 0 unspecified atom stereocenters. The number of ether oxygens (including phenoxy) is 1. The van der Waals surface area contributed by atoms with Crippen molar-refractivity contribution in [1.29, 1.82) is 0 Å². The highest BCUT2D eigenvalue weighted by atomic mass is 32.1. The van der Waals surface area contributed by atoms with Crippen molar-refractivity contribution in [1.82, 2.24) is 10.3 Å². The van der Waals surface area contributed by atoms with Gasteiger partial charge in [0.2, 0.25) is 0 Å². The van der Waals surface area contributed by atoms with Gasteiger partial charge in [-0.3, -0.25) is 4.79 Å². The highest BCUT2D eigenvalue weighted by molar-refractivity contribution is 7.18. The predicted octanol–water partition coefficient (Wildman–Crippen LogP) is -0.0785. The Hall–Kier alpha value is -1.34. The molecule has 7 heteroatoms. The molecule has 0 aliphatic carbocycles. The number of amides is 1. The van der Waals surface area contributed by atoms with Crippen LogP contribution in [0.3, 0.4) is 0 Å². The van der Waals surface area contributed by atoms with Gasteiger partial charge in [-0.2, -0.15) is 0 Å². The van der Waals surface area contributed by atoms with Crippen LogP contribution in [0.5, 0.6) is 0 Å². The molecule has 1 aliphatic heterocycles. The molecule has 88 valence electrons. The van der Waals surface area contributed by atoms with Gasteiger partial charge in [0.25, 0.3) is 5.91 Å². The molecule has 0 saturated carbocycles. The van der Waals surface area contributed by atoms with Crippen LogP contribution in [-0.2, 0) is 4.74 Å². The molecule has 0 bridgehead atoms. The van der Waals surface area contributed by atoms with Crippen LogP contribution >= 0.6 is 11.3 Å². The molecule has 2 heterocycles. The van der Waals surface area contributed by atoms with E-state index in [4.69, 9.17) is 10.5 Å². The van der Waals surface area contributed by atoms with E-state index in [1.807, 2.05) is 0 Å². The first-order valence-corrected chi connectivity index (χ1v) is 5.85. The number of hydrogen-bond donors (Lipinski definition) is 2. The number of nitrogens with one attached hydrogen (secondary N) is 1. The first-order chi connectivity index (χ1) is 7.72. The molecule has 0 spiro atoms. The fourth-order valence-corrected chi connectivity index (χ4v) is 2.47. The molecular weight excluding hydrogens is 228 g/mol. The van der Waals surface area contributed by atoms with Gasteiger partial charge >= 0.3 is 0 Å². The number of thiazole rings is 1. The molecule has 16 heavy (non-hydrogen) atoms. The zero-order valence-electron chi connectivity index (χ0n) is 9.02. The van der Waals surface area contributed by atoms with Gasteiger partial charge in [-0.1, -0.05) is 11.3 Å². The molecule has 1 aromatic heterocycles. The summed E-state index contributed by atoms with van der Waals surface area (Å²) in [5.74, 6) is 0.111. The Morgan fingerprint density at radius 1 is 1.56 bits per heavy atom. The molecule has 2 rings (SSSR count). The summed E-state index contributed by atoms with van der Waals surface area (Å²) < 4.78 is 5.25. The Labute approximate surface area is 97.4 Å². The second kappa shape index (κ2) is 4.67. The van der Waals surface area contributed by atoms with Crippen LogP contribution in [-0.4, -0.2) is 44.2 Å². The largest absolute Gasteiger partial charge is 0.382 e. The molecule has 0 aromatic carbocycles. The minimum absolute atomic E-state index is 0.186. The van der Waals surface area contributed by atoms with Gasteiger partial charge < -0.3 is 20.7 Å². The van der Waals surface area contributed by atoms with E-state index in [-0.39, 0.29) is 5.91 Å². The number of rotatable bonds is 2. The normalized spacial score (nSPS) is 16.2. The molecule has 0 atom stereocenters. The van der Waals surface area contributed by atoms with Crippen molar-refractivity contribution in [2.24, 2.45) is 0 Å². The monoisotopic (exact) mass is 242 g/mol. The van der Waals surface area contributed by atoms with Crippen molar-refractivity contribution in [2.75, 3.05) is 44.0 Å². The maximum atomic E-state index is 11.5. The first-order valence-electron chi connectivity index (χ1n) is 5.03. The second-order valence-electron chi connectivity index (χ2n) is 3.39. The maximum absolute atomic E-state index is 11.5. The summed E-state index contributed by atoms with van der Waals surface area (Å²) >= 11 is 1.32. The molecular formula is C9H14N4O2S. The molecule has 3 N–H and O–H groups in total. The van der Waals surface area contributed by atoms with Crippen LogP contribution < -0.4 is 16.0 Å². The quantitative estimate of drug-likeness (QED) is 0.758. The number of hydrogen-bond acceptors (Lipinski definition) is 6. The van der Waals surface area contributed by atoms with E-state index >= 15 is 0 Å². The van der Waals surface area contributed by atoms with Crippen LogP contribution in [0.15, 0.2) is 0 Å². The van der Waals surface area contributed by atoms with Gasteiger partial charge in [0.05, 0.1) is 13.2 Å². The molecule has 1 saturated heterocycles. The third-order valence-corrected chi connectivity index (χ3v) is 3.49. The van der Waals surface area contributed by atoms with Crippen LogP contribution in [0.1, 0.15) is 9.67 Å². The van der Waals surface area contributed by atoms with Gasteiger partial charge in [0.1, 0.15) is 10.7 Å². The van der Waals surface area contributed by atoms with Gasteiger partial charge in [0, 0.05) is 20.1 Å². The third kappa shape index (κ3) is 2.10. The third-order valence-electron chi connectivity index (χ3n) is 2.36. The Balaban J connectivity index is 2.19. The van der Waals surface area contributed by atoms with Crippen molar-refractivity contribution in [3.63, 3.8) is 0 Å². The maximum Gasteiger partial charge on any atom is 0.265 e. The van der Waals surface area contributed by atoms with Crippen molar-refractivity contribution in [3.8, 4) is 0 Å². The van der Waals surface area contributed by atoms with Crippen molar-refractivity contribution in [2.45, 2.75) is 0 Å². The molecule has 1 aliphatic rings. The van der Waals surface area contributed by atoms with Gasteiger partial charge in [-0.05, 0) is 0 Å². The summed E-state index contributed by atoms with van der Waals surface area (Å²) in [6.07, 6.45) is 0. The van der Waals surface area contributed by atoms with Crippen LogP contribution in [0.25, 0.3) is 0 Å². The Bertz CT molecular complexity index is 387. The smallest absolute Gasteiger partial charge is 0.265 e. The molecule has 1 amide bonds. The minimum atomic E-state index is -0.186. The average molecular weight is 242 g/mol. The Morgan fingerprint density at radius 3 is 2.88 bits per heavy atom. The summed E-state index contributed by atoms with van der Waals surface area (Å²) in [7, 11) is 1.58. The lowest BCUT2D eigenvalue weighted by molar-refractivity contribution is 0.0967. The van der Waals surface area contributed by atoms with Gasteiger partial charge in [-0.25, -0.2) is 4.98 Å². The van der Waals surface area contributed by atoms with Crippen LogP contribution in [0.4, 0.5) is 10.9 Å². The lowest BCUT2D eigenvalue weighted by Crippen LogP contribution is -2.36. The number of aromatic nitrogens is 1. The van der Waals surface area contributed by atoms with E-state index in [0.29, 0.717) is 23.9 Å². The Morgan fingerprint density at radius 2 is 2.25 bits per heavy atom. The number of carbonyl (C=O) groups is 1. The molecule has 1 fully saturated rings. The summed E-state index contributed by atoms with van der Waals surface area (Å²) in [5.41, 5.74) is 5.71. The van der Waals surface area contributed by atoms with Crippen LogP contribution in [0, 0.1) is 0 Å². The van der Waals surface area contributed by atoms with E-state index in [1.54, 1.807) is 7.05 Å². The zero-order valence-corrected chi connectivity index (χ0v) is 9.84. The number of anilines is 2. The average Bonchev–Trinajstić information content (AvgIpc) is 2.71. The highest BCUT2D eigenvalue weighted by Gasteiger charge is 2.20. The van der Waals surface area contributed by atoms with Gasteiger partial charge in [0.15, 0.2) is 5.13 Å². The van der Waals surface area contributed by atoms with Crippen LogP contribution in [0.2, 0.25) is 0 Å². The highest BCUT2D eigenvalue weighted by Crippen LogP contribution is 2.28. The fraction of sp³-hybridized carbons (Fsp3) is 0.556. The lowest BCUT2D eigenvalue weighted by Gasteiger charge is -2.25. The van der Waals surface area contributed by atoms with Crippen molar-refractivity contribution < 1.29 is 9.53 Å². The number of nitrogens with zero attached hydrogens (tertiary/aromatic N) is 2. The summed E-state index contributed by atoms with van der Waals surface area (Å²) in [6, 6.07) is 0. The topological polar surface area (TPSA) is 80.5 Å².